The highest BCUT2D eigenvalue weighted by molar-refractivity contribution is 6.12. The SMILES string of the molecule is COC(=O)[C@H](Cc1ccc(OCCCN(Cc2ccccc2)C(=O)C=Cc2ccco2)cc1)Nc1ccccc1C(=O)c1ccccc1. The number of hydrogen-bond donors (Lipinski definition) is 1. The smallest absolute Gasteiger partial charge is 0.328 e. The number of anilines is 1. The number of hydrogen-bond acceptors (Lipinski definition) is 7. The molecule has 0 saturated heterocycles. The zero-order chi connectivity index (χ0) is 33.6. The number of nitrogens with one attached hydrogen (secondary N) is 1. The van der Waals surface area contributed by atoms with Crippen LogP contribution >= 0.6 is 0 Å². The third-order valence-electron chi connectivity index (χ3n) is 7.69. The number of furan rings is 1. The Morgan fingerprint density at radius 3 is 2.23 bits per heavy atom. The maximum absolute atomic E-state index is 13.2. The maximum Gasteiger partial charge on any atom is 0.328 e. The van der Waals surface area contributed by atoms with Crippen LogP contribution in [0.4, 0.5) is 5.69 Å². The summed E-state index contributed by atoms with van der Waals surface area (Å²) in [5, 5.41) is 3.24. The van der Waals surface area contributed by atoms with Crippen LogP contribution in [0.2, 0.25) is 0 Å². The molecule has 0 saturated carbocycles. The van der Waals surface area contributed by atoms with Crippen LogP contribution in [0.5, 0.6) is 5.75 Å². The Labute approximate surface area is 280 Å². The van der Waals surface area contributed by atoms with E-state index in [4.69, 9.17) is 13.9 Å². The maximum atomic E-state index is 13.2. The van der Waals surface area contributed by atoms with Crippen molar-refractivity contribution in [1.29, 1.82) is 0 Å². The lowest BCUT2D eigenvalue weighted by molar-refractivity contribution is -0.141. The number of benzene rings is 4. The number of amides is 1. The molecule has 8 nitrogen and oxygen atoms in total. The third kappa shape index (κ3) is 9.56. The van der Waals surface area contributed by atoms with Gasteiger partial charge in [-0.1, -0.05) is 84.9 Å². The van der Waals surface area contributed by atoms with Crippen molar-refractivity contribution in [2.24, 2.45) is 0 Å². The van der Waals surface area contributed by atoms with E-state index in [1.807, 2.05) is 78.9 Å². The van der Waals surface area contributed by atoms with Crippen LogP contribution in [0.3, 0.4) is 0 Å². The van der Waals surface area contributed by atoms with E-state index in [0.29, 0.717) is 60.9 Å². The molecule has 1 aromatic heterocycles. The Morgan fingerprint density at radius 2 is 1.52 bits per heavy atom. The Balaban J connectivity index is 1.17. The zero-order valence-corrected chi connectivity index (χ0v) is 26.8. The summed E-state index contributed by atoms with van der Waals surface area (Å²) in [7, 11) is 1.35. The molecule has 4 aromatic carbocycles. The Morgan fingerprint density at radius 1 is 0.812 bits per heavy atom. The summed E-state index contributed by atoms with van der Waals surface area (Å²) < 4.78 is 16.4. The molecule has 0 radical (unpaired) electrons. The average molecular weight is 643 g/mol. The van der Waals surface area contributed by atoms with Gasteiger partial charge in [0.25, 0.3) is 0 Å². The normalized spacial score (nSPS) is 11.5. The number of ether oxygens (including phenoxy) is 2. The molecule has 1 N–H and O–H groups in total. The van der Waals surface area contributed by atoms with Crippen molar-refractivity contribution in [2.75, 3.05) is 25.6 Å². The number of nitrogens with zero attached hydrogens (tertiary/aromatic N) is 1. The van der Waals surface area contributed by atoms with Crippen molar-refractivity contribution in [3.8, 4) is 5.75 Å². The molecule has 5 rings (SSSR count). The second-order valence-electron chi connectivity index (χ2n) is 11.1. The zero-order valence-electron chi connectivity index (χ0n) is 26.8. The van der Waals surface area contributed by atoms with E-state index < -0.39 is 12.0 Å². The molecule has 48 heavy (non-hydrogen) atoms. The highest BCUT2D eigenvalue weighted by atomic mass is 16.5. The summed E-state index contributed by atoms with van der Waals surface area (Å²) in [5.74, 6) is 0.610. The quantitative estimate of drug-likeness (QED) is 0.0525. The topological polar surface area (TPSA) is 98.1 Å². The van der Waals surface area contributed by atoms with Crippen molar-refractivity contribution in [3.05, 3.63) is 162 Å². The van der Waals surface area contributed by atoms with E-state index >= 15 is 0 Å². The fraction of sp³-hybridized carbons (Fsp3) is 0.175. The molecule has 5 aromatic rings. The minimum absolute atomic E-state index is 0.111. The van der Waals surface area contributed by atoms with Crippen LogP contribution < -0.4 is 10.1 Å². The molecule has 0 fully saturated rings. The number of carbonyl (C=O) groups is 3. The summed E-state index contributed by atoms with van der Waals surface area (Å²) in [6.45, 7) is 1.41. The van der Waals surface area contributed by atoms with Gasteiger partial charge in [0.05, 0.1) is 20.0 Å². The van der Waals surface area contributed by atoms with Gasteiger partial charge in [0.1, 0.15) is 17.6 Å². The highest BCUT2D eigenvalue weighted by Gasteiger charge is 2.23. The first-order valence-electron chi connectivity index (χ1n) is 15.8. The van der Waals surface area contributed by atoms with Gasteiger partial charge in [0.2, 0.25) is 5.91 Å². The van der Waals surface area contributed by atoms with Gasteiger partial charge in [-0.15, -0.1) is 0 Å². The van der Waals surface area contributed by atoms with E-state index in [1.165, 1.54) is 13.2 Å². The van der Waals surface area contributed by atoms with Gasteiger partial charge in [0.15, 0.2) is 5.78 Å². The Bertz CT molecular complexity index is 1790. The van der Waals surface area contributed by atoms with Gasteiger partial charge in [-0.25, -0.2) is 4.79 Å². The molecule has 0 bridgehead atoms. The molecule has 8 heteroatoms. The van der Waals surface area contributed by atoms with Crippen molar-refractivity contribution < 1.29 is 28.3 Å². The molecule has 0 aliphatic carbocycles. The monoisotopic (exact) mass is 642 g/mol. The summed E-state index contributed by atoms with van der Waals surface area (Å²) in [5.41, 5.74) is 3.52. The number of para-hydroxylation sites is 1. The average Bonchev–Trinajstić information content (AvgIpc) is 3.66. The van der Waals surface area contributed by atoms with E-state index in [1.54, 1.807) is 59.7 Å². The molecule has 1 amide bonds. The summed E-state index contributed by atoms with van der Waals surface area (Å²) in [6.07, 6.45) is 5.73. The van der Waals surface area contributed by atoms with Gasteiger partial charge in [-0.3, -0.25) is 9.59 Å². The van der Waals surface area contributed by atoms with E-state index in [9.17, 15) is 14.4 Å². The molecular weight excluding hydrogens is 604 g/mol. The number of ketones is 1. The first-order valence-corrected chi connectivity index (χ1v) is 15.8. The van der Waals surface area contributed by atoms with E-state index in [2.05, 4.69) is 5.32 Å². The van der Waals surface area contributed by atoms with Gasteiger partial charge in [0, 0.05) is 42.4 Å². The first-order chi connectivity index (χ1) is 23.5. The van der Waals surface area contributed by atoms with Crippen LogP contribution in [0.15, 0.2) is 138 Å². The van der Waals surface area contributed by atoms with Crippen molar-refractivity contribution >= 4 is 29.4 Å². The molecule has 0 aliphatic rings. The second-order valence-corrected chi connectivity index (χ2v) is 11.1. The molecule has 1 heterocycles. The molecule has 0 unspecified atom stereocenters. The van der Waals surface area contributed by atoms with E-state index in [0.717, 1.165) is 11.1 Å². The summed E-state index contributed by atoms with van der Waals surface area (Å²) >= 11 is 0. The van der Waals surface area contributed by atoms with Gasteiger partial charge in [-0.2, -0.15) is 0 Å². The third-order valence-corrected chi connectivity index (χ3v) is 7.69. The number of methoxy groups -OCH3 is 1. The standard InChI is InChI=1S/C40H38N2O6/c1-46-40(45)37(41-36-18-9-8-17-35(36)39(44)32-14-6-3-7-15-32)28-30-19-21-34(22-20-30)48-27-11-25-42(29-31-12-4-2-5-13-31)38(43)24-23-33-16-10-26-47-33/h2-10,12-24,26,37,41H,11,25,27-29H2,1H3/t37-/m0/s1. The second kappa shape index (κ2) is 17.1. The predicted molar refractivity (Wildman–Crippen MR) is 186 cm³/mol. The number of esters is 1. The molecule has 0 aliphatic heterocycles. The van der Waals surface area contributed by atoms with Gasteiger partial charge < -0.3 is 24.1 Å². The lowest BCUT2D eigenvalue weighted by atomic mass is 10.00. The predicted octanol–water partition coefficient (Wildman–Crippen LogP) is 7.22. The van der Waals surface area contributed by atoms with Gasteiger partial charge in [-0.05, 0) is 60.0 Å². The van der Waals surface area contributed by atoms with Gasteiger partial charge >= 0.3 is 5.97 Å². The fourth-order valence-corrected chi connectivity index (χ4v) is 5.19. The molecule has 0 spiro atoms. The van der Waals surface area contributed by atoms with Crippen molar-refractivity contribution in [2.45, 2.75) is 25.4 Å². The van der Waals surface area contributed by atoms with Crippen LogP contribution in [0.1, 0.15) is 39.2 Å². The van der Waals surface area contributed by atoms with Crippen LogP contribution in [0, 0.1) is 0 Å². The van der Waals surface area contributed by atoms with Crippen LogP contribution in [0.25, 0.3) is 6.08 Å². The lowest BCUT2D eigenvalue weighted by Crippen LogP contribution is -2.33. The number of carbonyl (C=O) groups excluding carboxylic acids is 3. The Hall–Kier alpha value is -5.89. The minimum Gasteiger partial charge on any atom is -0.494 e. The van der Waals surface area contributed by atoms with Crippen LogP contribution in [-0.4, -0.2) is 48.9 Å². The largest absolute Gasteiger partial charge is 0.494 e. The number of rotatable bonds is 16. The fourth-order valence-electron chi connectivity index (χ4n) is 5.19. The molecule has 1 atom stereocenters. The van der Waals surface area contributed by atoms with Crippen molar-refractivity contribution in [3.63, 3.8) is 0 Å². The van der Waals surface area contributed by atoms with Crippen molar-refractivity contribution in [1.82, 2.24) is 4.90 Å². The highest BCUT2D eigenvalue weighted by Crippen LogP contribution is 2.22. The molecular formula is C40H38N2O6. The molecule has 244 valence electrons. The van der Waals surface area contributed by atoms with E-state index in [-0.39, 0.29) is 11.7 Å². The lowest BCUT2D eigenvalue weighted by Gasteiger charge is -2.21. The minimum atomic E-state index is -0.721. The Kier molecular flexibility index (Phi) is 12.0. The summed E-state index contributed by atoms with van der Waals surface area (Å²) in [6, 6.07) is 36.4. The first kappa shape index (κ1) is 33.5. The van der Waals surface area contributed by atoms with Crippen LogP contribution in [-0.2, 0) is 27.3 Å². The summed E-state index contributed by atoms with van der Waals surface area (Å²) in [4.78, 5) is 40.8.